The summed E-state index contributed by atoms with van der Waals surface area (Å²) in [5.41, 5.74) is 2.71. The highest BCUT2D eigenvalue weighted by Crippen LogP contribution is 2.41. The van der Waals surface area contributed by atoms with Gasteiger partial charge in [-0.15, -0.1) is 0 Å². The van der Waals surface area contributed by atoms with E-state index in [4.69, 9.17) is 0 Å². The van der Waals surface area contributed by atoms with Crippen LogP contribution in [0.3, 0.4) is 0 Å². The topological polar surface area (TPSA) is 74.8 Å². The van der Waals surface area contributed by atoms with Crippen LogP contribution >= 0.6 is 0 Å². The van der Waals surface area contributed by atoms with Crippen molar-refractivity contribution in [1.82, 2.24) is 15.5 Å². The third kappa shape index (κ3) is 3.38. The first-order valence-electron chi connectivity index (χ1n) is 8.94. The highest BCUT2D eigenvalue weighted by Gasteiger charge is 2.33. The lowest BCUT2D eigenvalue weighted by Gasteiger charge is -2.19. The van der Waals surface area contributed by atoms with Gasteiger partial charge in [0.15, 0.2) is 0 Å². The fourth-order valence-corrected chi connectivity index (χ4v) is 3.36. The summed E-state index contributed by atoms with van der Waals surface area (Å²) < 4.78 is 0. The Morgan fingerprint density at radius 1 is 1.15 bits per heavy atom. The van der Waals surface area contributed by atoms with Gasteiger partial charge < -0.3 is 5.32 Å². The summed E-state index contributed by atoms with van der Waals surface area (Å²) in [5, 5.41) is 11.0. The number of carbonyl (C=O) groups excluding carboxylic acids is 1. The largest absolute Gasteiger partial charge is 0.349 e. The summed E-state index contributed by atoms with van der Waals surface area (Å²) in [6, 6.07) is 15.6. The molecule has 0 aliphatic heterocycles. The summed E-state index contributed by atoms with van der Waals surface area (Å²) >= 11 is 0. The molecule has 26 heavy (non-hydrogen) atoms. The number of benzene rings is 2. The van der Waals surface area contributed by atoms with Gasteiger partial charge >= 0.3 is 0 Å². The normalized spacial score (nSPS) is 15.0. The van der Waals surface area contributed by atoms with Gasteiger partial charge in [0.25, 0.3) is 5.56 Å². The van der Waals surface area contributed by atoms with Crippen LogP contribution in [0.5, 0.6) is 0 Å². The van der Waals surface area contributed by atoms with Crippen LogP contribution in [0.2, 0.25) is 0 Å². The van der Waals surface area contributed by atoms with Gasteiger partial charge in [-0.3, -0.25) is 9.59 Å². The number of nitrogens with zero attached hydrogens (tertiary/aromatic N) is 1. The summed E-state index contributed by atoms with van der Waals surface area (Å²) in [6.45, 7) is 2.06. The standard InChI is InChI=1S/C21H21N3O2/c1-13-6-8-14(9-7-13)20(15-10-11-15)22-19(25)12-18-16-4-2-3-5-17(16)21(26)24-23-18/h2-9,15,20H,10-12H2,1H3,(H,22,25)(H,24,26)/t20-/m0/s1. The second-order valence-corrected chi connectivity index (χ2v) is 7.02. The number of aromatic nitrogens is 2. The predicted octanol–water partition coefficient (Wildman–Crippen LogP) is 3.04. The summed E-state index contributed by atoms with van der Waals surface area (Å²) in [7, 11) is 0. The Hall–Kier alpha value is -2.95. The lowest BCUT2D eigenvalue weighted by atomic mass is 10.0. The van der Waals surface area contributed by atoms with Crippen LogP contribution in [-0.4, -0.2) is 16.1 Å². The van der Waals surface area contributed by atoms with E-state index >= 15 is 0 Å². The number of rotatable bonds is 5. The van der Waals surface area contributed by atoms with Crippen LogP contribution in [0.25, 0.3) is 10.8 Å². The Bertz CT molecular complexity index is 1000. The average molecular weight is 347 g/mol. The van der Waals surface area contributed by atoms with Crippen LogP contribution in [0.1, 0.15) is 35.7 Å². The van der Waals surface area contributed by atoms with Crippen molar-refractivity contribution in [3.63, 3.8) is 0 Å². The number of nitrogens with one attached hydrogen (secondary N) is 2. The molecule has 0 saturated heterocycles. The first-order valence-corrected chi connectivity index (χ1v) is 8.94. The molecule has 5 nitrogen and oxygen atoms in total. The maximum atomic E-state index is 12.7. The van der Waals surface area contributed by atoms with Crippen LogP contribution < -0.4 is 10.9 Å². The first kappa shape index (κ1) is 16.5. The van der Waals surface area contributed by atoms with Crippen LogP contribution in [0, 0.1) is 12.8 Å². The first-order chi connectivity index (χ1) is 12.6. The second-order valence-electron chi connectivity index (χ2n) is 7.02. The van der Waals surface area contributed by atoms with Gasteiger partial charge in [0.05, 0.1) is 23.5 Å². The Labute approximate surface area is 151 Å². The minimum absolute atomic E-state index is 0.0390. The van der Waals surface area contributed by atoms with E-state index in [2.05, 4.69) is 46.7 Å². The lowest BCUT2D eigenvalue weighted by Crippen LogP contribution is -2.31. The Morgan fingerprint density at radius 2 is 1.85 bits per heavy atom. The molecule has 3 aromatic rings. The summed E-state index contributed by atoms with van der Waals surface area (Å²) in [6.07, 6.45) is 2.42. The van der Waals surface area contributed by atoms with Crippen molar-refractivity contribution in [3.8, 4) is 0 Å². The number of fused-ring (bicyclic) bond motifs is 1. The molecule has 1 saturated carbocycles. The molecule has 132 valence electrons. The van der Waals surface area contributed by atoms with Crippen molar-refractivity contribution in [2.75, 3.05) is 0 Å². The second kappa shape index (κ2) is 6.75. The van der Waals surface area contributed by atoms with Crippen LogP contribution in [0.4, 0.5) is 0 Å². The number of carbonyl (C=O) groups is 1. The smallest absolute Gasteiger partial charge is 0.272 e. The zero-order valence-corrected chi connectivity index (χ0v) is 14.7. The van der Waals surface area contributed by atoms with E-state index in [9.17, 15) is 9.59 Å². The van der Waals surface area contributed by atoms with Crippen LogP contribution in [-0.2, 0) is 11.2 Å². The molecular formula is C21H21N3O2. The molecule has 1 fully saturated rings. The number of aryl methyl sites for hydroxylation is 1. The van der Waals surface area contributed by atoms with Gasteiger partial charge in [0.1, 0.15) is 0 Å². The van der Waals surface area contributed by atoms with E-state index in [-0.39, 0.29) is 23.9 Å². The van der Waals surface area contributed by atoms with Gasteiger partial charge in [-0.05, 0) is 37.3 Å². The molecule has 2 N–H and O–H groups in total. The molecule has 1 amide bonds. The minimum atomic E-state index is -0.236. The molecule has 1 atom stereocenters. The SMILES string of the molecule is Cc1ccc([C@H](NC(=O)Cc2n[nH]c(=O)c3ccccc23)C2CC2)cc1. The molecule has 5 heteroatoms. The molecule has 0 bridgehead atoms. The number of hydrogen-bond donors (Lipinski definition) is 2. The third-order valence-corrected chi connectivity index (χ3v) is 4.95. The minimum Gasteiger partial charge on any atom is -0.349 e. The van der Waals surface area contributed by atoms with E-state index in [0.29, 0.717) is 17.0 Å². The highest BCUT2D eigenvalue weighted by molar-refractivity contribution is 5.88. The summed E-state index contributed by atoms with van der Waals surface area (Å²) in [4.78, 5) is 24.6. The maximum Gasteiger partial charge on any atom is 0.272 e. The van der Waals surface area contributed by atoms with E-state index in [1.807, 2.05) is 18.2 Å². The van der Waals surface area contributed by atoms with Gasteiger partial charge in [-0.1, -0.05) is 48.0 Å². The van der Waals surface area contributed by atoms with Gasteiger partial charge in [0.2, 0.25) is 5.91 Å². The van der Waals surface area contributed by atoms with E-state index < -0.39 is 0 Å². The van der Waals surface area contributed by atoms with Crippen molar-refractivity contribution in [1.29, 1.82) is 0 Å². The Kier molecular flexibility index (Phi) is 4.29. The van der Waals surface area contributed by atoms with Crippen molar-refractivity contribution >= 4 is 16.7 Å². The van der Waals surface area contributed by atoms with Crippen molar-refractivity contribution in [2.45, 2.75) is 32.2 Å². The van der Waals surface area contributed by atoms with E-state index in [1.54, 1.807) is 6.07 Å². The monoisotopic (exact) mass is 347 g/mol. The molecule has 1 heterocycles. The molecule has 1 aliphatic carbocycles. The van der Waals surface area contributed by atoms with Crippen molar-refractivity contribution in [2.24, 2.45) is 5.92 Å². The number of hydrogen-bond acceptors (Lipinski definition) is 3. The molecule has 0 unspecified atom stereocenters. The average Bonchev–Trinajstić information content (AvgIpc) is 3.48. The quantitative estimate of drug-likeness (QED) is 0.745. The zero-order chi connectivity index (χ0) is 18.1. The zero-order valence-electron chi connectivity index (χ0n) is 14.7. The molecule has 4 rings (SSSR count). The third-order valence-electron chi connectivity index (χ3n) is 4.95. The molecular weight excluding hydrogens is 326 g/mol. The number of H-pyrrole nitrogens is 1. The maximum absolute atomic E-state index is 12.7. The number of aromatic amines is 1. The summed E-state index contributed by atoms with van der Waals surface area (Å²) in [5.74, 6) is 0.425. The van der Waals surface area contributed by atoms with E-state index in [0.717, 1.165) is 23.8 Å². The predicted molar refractivity (Wildman–Crippen MR) is 101 cm³/mol. The fraction of sp³-hybridized carbons (Fsp3) is 0.286. The number of amides is 1. The Balaban J connectivity index is 1.56. The highest BCUT2D eigenvalue weighted by atomic mass is 16.1. The fourth-order valence-electron chi connectivity index (χ4n) is 3.36. The molecule has 1 aromatic heterocycles. The van der Waals surface area contributed by atoms with Crippen molar-refractivity contribution in [3.05, 3.63) is 75.7 Å². The molecule has 1 aliphatic rings. The van der Waals surface area contributed by atoms with Crippen LogP contribution in [0.15, 0.2) is 53.3 Å². The van der Waals surface area contributed by atoms with Gasteiger partial charge in [-0.25, -0.2) is 5.10 Å². The lowest BCUT2D eigenvalue weighted by molar-refractivity contribution is -0.121. The van der Waals surface area contributed by atoms with Gasteiger partial charge in [0, 0.05) is 5.39 Å². The Morgan fingerprint density at radius 3 is 2.54 bits per heavy atom. The molecule has 0 spiro atoms. The molecule has 2 aromatic carbocycles. The molecule has 0 radical (unpaired) electrons. The van der Waals surface area contributed by atoms with E-state index in [1.165, 1.54) is 5.56 Å². The van der Waals surface area contributed by atoms with Gasteiger partial charge in [-0.2, -0.15) is 5.10 Å². The van der Waals surface area contributed by atoms with Crippen molar-refractivity contribution < 1.29 is 4.79 Å².